The van der Waals surface area contributed by atoms with Gasteiger partial charge >= 0.3 is 5.97 Å². The SMILES string of the molecule is CCOC(=O)CCc1csc(C2CCC2)n1. The number of rotatable bonds is 5. The summed E-state index contributed by atoms with van der Waals surface area (Å²) >= 11 is 1.74. The summed E-state index contributed by atoms with van der Waals surface area (Å²) in [5.41, 5.74) is 1.04. The van der Waals surface area contributed by atoms with Gasteiger partial charge in [0.1, 0.15) is 0 Å². The van der Waals surface area contributed by atoms with E-state index in [1.807, 2.05) is 6.92 Å². The molecule has 0 spiro atoms. The summed E-state index contributed by atoms with van der Waals surface area (Å²) in [6.07, 6.45) is 5.06. The average molecular weight is 239 g/mol. The molecule has 1 aliphatic rings. The van der Waals surface area contributed by atoms with Crippen molar-refractivity contribution in [2.24, 2.45) is 0 Å². The first-order valence-corrected chi connectivity index (χ1v) is 6.77. The van der Waals surface area contributed by atoms with Crippen LogP contribution in [0.25, 0.3) is 0 Å². The Morgan fingerprint density at radius 2 is 2.44 bits per heavy atom. The normalized spacial score (nSPS) is 15.8. The highest BCUT2D eigenvalue weighted by Crippen LogP contribution is 2.37. The molecule has 0 aromatic carbocycles. The zero-order chi connectivity index (χ0) is 11.4. The Kier molecular flexibility index (Phi) is 3.93. The second kappa shape index (κ2) is 5.43. The summed E-state index contributed by atoms with van der Waals surface area (Å²) < 4.78 is 4.89. The Morgan fingerprint density at radius 1 is 1.62 bits per heavy atom. The Hall–Kier alpha value is -0.900. The smallest absolute Gasteiger partial charge is 0.306 e. The maximum Gasteiger partial charge on any atom is 0.306 e. The minimum absolute atomic E-state index is 0.124. The second-order valence-electron chi connectivity index (χ2n) is 4.11. The molecule has 16 heavy (non-hydrogen) atoms. The summed E-state index contributed by atoms with van der Waals surface area (Å²) in [5.74, 6) is 0.571. The Morgan fingerprint density at radius 3 is 3.06 bits per heavy atom. The highest BCUT2D eigenvalue weighted by Gasteiger charge is 2.22. The van der Waals surface area contributed by atoms with E-state index < -0.39 is 0 Å². The molecule has 2 rings (SSSR count). The molecule has 88 valence electrons. The van der Waals surface area contributed by atoms with Crippen LogP contribution in [0, 0.1) is 0 Å². The van der Waals surface area contributed by atoms with Gasteiger partial charge in [-0.05, 0) is 19.8 Å². The van der Waals surface area contributed by atoms with Crippen LogP contribution < -0.4 is 0 Å². The van der Waals surface area contributed by atoms with Crippen molar-refractivity contribution in [3.8, 4) is 0 Å². The first kappa shape index (κ1) is 11.6. The van der Waals surface area contributed by atoms with E-state index in [0.29, 0.717) is 25.4 Å². The summed E-state index contributed by atoms with van der Waals surface area (Å²) in [7, 11) is 0. The van der Waals surface area contributed by atoms with E-state index in [-0.39, 0.29) is 5.97 Å². The lowest BCUT2D eigenvalue weighted by Gasteiger charge is -2.22. The van der Waals surface area contributed by atoms with Gasteiger partial charge in [-0.25, -0.2) is 4.98 Å². The first-order valence-electron chi connectivity index (χ1n) is 5.89. The summed E-state index contributed by atoms with van der Waals surface area (Å²) in [4.78, 5) is 15.8. The second-order valence-corrected chi connectivity index (χ2v) is 5.00. The lowest BCUT2D eigenvalue weighted by molar-refractivity contribution is -0.143. The van der Waals surface area contributed by atoms with Gasteiger partial charge < -0.3 is 4.74 Å². The third-order valence-corrected chi connectivity index (χ3v) is 3.97. The maximum absolute atomic E-state index is 11.2. The van der Waals surface area contributed by atoms with Crippen molar-refractivity contribution in [1.29, 1.82) is 0 Å². The molecule has 0 N–H and O–H groups in total. The molecule has 4 heteroatoms. The van der Waals surface area contributed by atoms with Crippen LogP contribution in [-0.4, -0.2) is 17.6 Å². The van der Waals surface area contributed by atoms with E-state index in [1.165, 1.54) is 24.3 Å². The van der Waals surface area contributed by atoms with Gasteiger partial charge in [-0.1, -0.05) is 6.42 Å². The lowest BCUT2D eigenvalue weighted by Crippen LogP contribution is -2.08. The van der Waals surface area contributed by atoms with Crippen LogP contribution in [0.15, 0.2) is 5.38 Å². The van der Waals surface area contributed by atoms with E-state index in [0.717, 1.165) is 5.69 Å². The fraction of sp³-hybridized carbons (Fsp3) is 0.667. The van der Waals surface area contributed by atoms with Gasteiger partial charge in [0, 0.05) is 17.7 Å². The van der Waals surface area contributed by atoms with Crippen LogP contribution in [0.2, 0.25) is 0 Å². The molecule has 1 aromatic heterocycles. The minimum atomic E-state index is -0.124. The Bertz CT molecular complexity index is 358. The van der Waals surface area contributed by atoms with Crippen molar-refractivity contribution in [2.45, 2.75) is 44.9 Å². The molecule has 1 fully saturated rings. The number of hydrogen-bond acceptors (Lipinski definition) is 4. The number of carbonyl (C=O) groups is 1. The third-order valence-electron chi connectivity index (χ3n) is 2.91. The minimum Gasteiger partial charge on any atom is -0.466 e. The Labute approximate surface area is 99.8 Å². The van der Waals surface area contributed by atoms with Crippen molar-refractivity contribution in [2.75, 3.05) is 6.61 Å². The molecule has 1 aromatic rings. The van der Waals surface area contributed by atoms with E-state index >= 15 is 0 Å². The van der Waals surface area contributed by atoms with Gasteiger partial charge in [-0.2, -0.15) is 0 Å². The van der Waals surface area contributed by atoms with Gasteiger partial charge in [0.25, 0.3) is 0 Å². The van der Waals surface area contributed by atoms with Gasteiger partial charge in [0.05, 0.1) is 23.7 Å². The number of carbonyl (C=O) groups excluding carboxylic acids is 1. The Balaban J connectivity index is 1.80. The van der Waals surface area contributed by atoms with Crippen molar-refractivity contribution in [3.63, 3.8) is 0 Å². The lowest BCUT2D eigenvalue weighted by atomic mass is 9.86. The molecule has 0 atom stereocenters. The topological polar surface area (TPSA) is 39.2 Å². The van der Waals surface area contributed by atoms with E-state index in [2.05, 4.69) is 10.4 Å². The van der Waals surface area contributed by atoms with Crippen molar-refractivity contribution >= 4 is 17.3 Å². The molecule has 0 amide bonds. The molecular weight excluding hydrogens is 222 g/mol. The van der Waals surface area contributed by atoms with Crippen molar-refractivity contribution < 1.29 is 9.53 Å². The number of hydrogen-bond donors (Lipinski definition) is 0. The van der Waals surface area contributed by atoms with Crippen LogP contribution in [0.1, 0.15) is 49.2 Å². The first-order chi connectivity index (χ1) is 7.79. The zero-order valence-corrected chi connectivity index (χ0v) is 10.4. The predicted molar refractivity (Wildman–Crippen MR) is 63.7 cm³/mol. The number of esters is 1. The van der Waals surface area contributed by atoms with E-state index in [4.69, 9.17) is 4.74 Å². The molecule has 1 saturated carbocycles. The fourth-order valence-corrected chi connectivity index (χ4v) is 2.77. The molecule has 0 aliphatic heterocycles. The molecule has 1 aliphatic carbocycles. The molecular formula is C12H17NO2S. The number of nitrogens with zero attached hydrogens (tertiary/aromatic N) is 1. The van der Waals surface area contributed by atoms with Gasteiger partial charge in [0.15, 0.2) is 0 Å². The van der Waals surface area contributed by atoms with Crippen LogP contribution >= 0.6 is 11.3 Å². The number of aryl methyl sites for hydroxylation is 1. The van der Waals surface area contributed by atoms with Crippen molar-refractivity contribution in [1.82, 2.24) is 4.98 Å². The number of aromatic nitrogens is 1. The van der Waals surface area contributed by atoms with Crippen molar-refractivity contribution in [3.05, 3.63) is 16.1 Å². The third kappa shape index (κ3) is 2.82. The van der Waals surface area contributed by atoms with E-state index in [9.17, 15) is 4.79 Å². The molecule has 0 unspecified atom stereocenters. The summed E-state index contributed by atoms with van der Waals surface area (Å²) in [6, 6.07) is 0. The standard InChI is InChI=1S/C12H17NO2S/c1-2-15-11(14)7-6-10-8-16-12(13-10)9-4-3-5-9/h8-9H,2-7H2,1H3. The fourth-order valence-electron chi connectivity index (χ4n) is 1.74. The number of ether oxygens (including phenoxy) is 1. The summed E-state index contributed by atoms with van der Waals surface area (Å²) in [6.45, 7) is 2.29. The average Bonchev–Trinajstić information content (AvgIpc) is 2.61. The molecule has 0 radical (unpaired) electrons. The molecule has 0 bridgehead atoms. The zero-order valence-electron chi connectivity index (χ0n) is 9.57. The van der Waals surface area contributed by atoms with Gasteiger partial charge in [0.2, 0.25) is 0 Å². The summed E-state index contributed by atoms with van der Waals surface area (Å²) in [5, 5.41) is 3.33. The quantitative estimate of drug-likeness (QED) is 0.742. The highest BCUT2D eigenvalue weighted by molar-refractivity contribution is 7.09. The van der Waals surface area contributed by atoms with Gasteiger partial charge in [-0.15, -0.1) is 11.3 Å². The maximum atomic E-state index is 11.2. The highest BCUT2D eigenvalue weighted by atomic mass is 32.1. The van der Waals surface area contributed by atoms with Crippen LogP contribution in [0.5, 0.6) is 0 Å². The molecule has 1 heterocycles. The molecule has 0 saturated heterocycles. The number of thiazole rings is 1. The van der Waals surface area contributed by atoms with Crippen LogP contribution in [-0.2, 0) is 16.0 Å². The molecule has 3 nitrogen and oxygen atoms in total. The van der Waals surface area contributed by atoms with Crippen LogP contribution in [0.4, 0.5) is 0 Å². The largest absolute Gasteiger partial charge is 0.466 e. The predicted octanol–water partition coefficient (Wildman–Crippen LogP) is 2.91. The monoisotopic (exact) mass is 239 g/mol. The van der Waals surface area contributed by atoms with Crippen LogP contribution in [0.3, 0.4) is 0 Å². The van der Waals surface area contributed by atoms with Gasteiger partial charge in [-0.3, -0.25) is 4.79 Å². The van der Waals surface area contributed by atoms with E-state index in [1.54, 1.807) is 11.3 Å².